The number of thiol groups is 2. The van der Waals surface area contributed by atoms with Crippen LogP contribution in [0.25, 0.3) is 0 Å². The average molecular weight is 217 g/mol. The number of imidazole rings is 1. The molecule has 2 nitrogen and oxygen atoms in total. The van der Waals surface area contributed by atoms with Crippen molar-refractivity contribution in [3.63, 3.8) is 0 Å². The first-order chi connectivity index (χ1) is 6.25. The summed E-state index contributed by atoms with van der Waals surface area (Å²) in [5.74, 6) is 0. The minimum Gasteiger partial charge on any atom is -0.224 e. The third-order valence-electron chi connectivity index (χ3n) is 2.10. The standard InChI is InChI=1S/C9H16N2S2/c1-2-3-4-5-6-10-7-8-11(13)9(10)12/h7-8,13H,2-6H2,1H3/p+1. The molecule has 74 valence electrons. The summed E-state index contributed by atoms with van der Waals surface area (Å²) in [6.45, 7) is 3.27. The SMILES string of the molecule is CCCCCC[n+]1ccn(S)c1S. The van der Waals surface area contributed by atoms with E-state index in [0.29, 0.717) is 0 Å². The summed E-state index contributed by atoms with van der Waals surface area (Å²) in [6.07, 6.45) is 9.06. The summed E-state index contributed by atoms with van der Waals surface area (Å²) < 4.78 is 3.84. The van der Waals surface area contributed by atoms with Gasteiger partial charge in [-0.1, -0.05) is 32.4 Å². The molecule has 0 saturated carbocycles. The largest absolute Gasteiger partial charge is 0.326 e. The Hall–Kier alpha value is -0.0900. The zero-order valence-electron chi connectivity index (χ0n) is 7.98. The van der Waals surface area contributed by atoms with Crippen LogP contribution < -0.4 is 4.57 Å². The number of nitrogens with zero attached hydrogens (tertiary/aromatic N) is 2. The lowest BCUT2D eigenvalue weighted by molar-refractivity contribution is -0.732. The Labute approximate surface area is 90.9 Å². The second-order valence-corrected chi connectivity index (χ2v) is 4.03. The fraction of sp³-hybridized carbons (Fsp3) is 0.667. The van der Waals surface area contributed by atoms with Gasteiger partial charge in [-0.2, -0.15) is 3.97 Å². The van der Waals surface area contributed by atoms with E-state index in [1.807, 2.05) is 12.4 Å². The quantitative estimate of drug-likeness (QED) is 0.425. The second kappa shape index (κ2) is 5.60. The Morgan fingerprint density at radius 2 is 2.15 bits per heavy atom. The molecule has 0 aromatic carbocycles. The molecule has 1 rings (SSSR count). The molecule has 4 heteroatoms. The molecule has 0 N–H and O–H groups in total. The molecule has 0 bridgehead atoms. The van der Waals surface area contributed by atoms with Gasteiger partial charge in [-0.25, -0.2) is 4.57 Å². The monoisotopic (exact) mass is 217 g/mol. The second-order valence-electron chi connectivity index (χ2n) is 3.20. The molecule has 0 aliphatic carbocycles. The van der Waals surface area contributed by atoms with Gasteiger partial charge in [0.15, 0.2) is 0 Å². The molecular formula is C9H17N2S2+. The van der Waals surface area contributed by atoms with Crippen LogP contribution in [0.1, 0.15) is 32.6 Å². The summed E-state index contributed by atoms with van der Waals surface area (Å²) in [4.78, 5) is 0. The Kier molecular flexibility index (Phi) is 4.73. The third kappa shape index (κ3) is 3.27. The van der Waals surface area contributed by atoms with E-state index in [2.05, 4.69) is 36.9 Å². The summed E-state index contributed by atoms with van der Waals surface area (Å²) in [5.41, 5.74) is 0. The lowest BCUT2D eigenvalue weighted by Crippen LogP contribution is -2.33. The van der Waals surface area contributed by atoms with Crippen LogP contribution in [0.3, 0.4) is 0 Å². The molecular weight excluding hydrogens is 200 g/mol. The van der Waals surface area contributed by atoms with Crippen LogP contribution in [0.5, 0.6) is 0 Å². The summed E-state index contributed by atoms with van der Waals surface area (Å²) in [5, 5.41) is 0.903. The van der Waals surface area contributed by atoms with Crippen LogP contribution in [-0.4, -0.2) is 3.97 Å². The van der Waals surface area contributed by atoms with Gasteiger partial charge in [0.25, 0.3) is 0 Å². The van der Waals surface area contributed by atoms with Gasteiger partial charge in [-0.3, -0.25) is 0 Å². The highest BCUT2D eigenvalue weighted by molar-refractivity contribution is 7.82. The Morgan fingerprint density at radius 1 is 1.38 bits per heavy atom. The Balaban J connectivity index is 2.32. The van der Waals surface area contributed by atoms with Crippen LogP contribution in [0, 0.1) is 0 Å². The van der Waals surface area contributed by atoms with Crippen molar-refractivity contribution in [1.82, 2.24) is 3.97 Å². The Bertz CT molecular complexity index is 258. The first kappa shape index (κ1) is 11.0. The predicted octanol–water partition coefficient (Wildman–Crippen LogP) is 2.34. The van der Waals surface area contributed by atoms with Crippen molar-refractivity contribution in [1.29, 1.82) is 0 Å². The molecule has 0 atom stereocenters. The van der Waals surface area contributed by atoms with E-state index in [9.17, 15) is 0 Å². The maximum Gasteiger partial charge on any atom is 0.326 e. The maximum atomic E-state index is 4.34. The molecule has 0 spiro atoms. The Morgan fingerprint density at radius 3 is 2.69 bits per heavy atom. The van der Waals surface area contributed by atoms with Crippen molar-refractivity contribution in [2.45, 2.75) is 44.3 Å². The fourth-order valence-electron chi connectivity index (χ4n) is 1.29. The summed E-state index contributed by atoms with van der Waals surface area (Å²) in [7, 11) is 0. The van der Waals surface area contributed by atoms with E-state index >= 15 is 0 Å². The van der Waals surface area contributed by atoms with Crippen molar-refractivity contribution in [2.24, 2.45) is 0 Å². The van der Waals surface area contributed by atoms with E-state index in [1.54, 1.807) is 3.97 Å². The molecule has 13 heavy (non-hydrogen) atoms. The van der Waals surface area contributed by atoms with Crippen molar-refractivity contribution >= 4 is 25.4 Å². The van der Waals surface area contributed by atoms with E-state index in [1.165, 1.54) is 25.7 Å². The maximum absolute atomic E-state index is 4.34. The first-order valence-electron chi connectivity index (χ1n) is 4.74. The van der Waals surface area contributed by atoms with E-state index < -0.39 is 0 Å². The molecule has 0 radical (unpaired) electrons. The number of aromatic nitrogens is 2. The molecule has 0 fully saturated rings. The van der Waals surface area contributed by atoms with Crippen LogP contribution in [0.15, 0.2) is 17.6 Å². The van der Waals surface area contributed by atoms with Gasteiger partial charge in [-0.05, 0) is 12.8 Å². The third-order valence-corrected chi connectivity index (χ3v) is 3.06. The van der Waals surface area contributed by atoms with Gasteiger partial charge in [0.2, 0.25) is 0 Å². The van der Waals surface area contributed by atoms with Gasteiger partial charge in [-0.15, -0.1) is 0 Å². The van der Waals surface area contributed by atoms with Gasteiger partial charge in [0.05, 0.1) is 6.54 Å². The first-order valence-corrected chi connectivity index (χ1v) is 5.59. The molecule has 0 unspecified atom stereocenters. The van der Waals surface area contributed by atoms with E-state index in [4.69, 9.17) is 0 Å². The van der Waals surface area contributed by atoms with Crippen molar-refractivity contribution in [3.05, 3.63) is 12.4 Å². The molecule has 1 aromatic heterocycles. The van der Waals surface area contributed by atoms with Crippen molar-refractivity contribution in [2.75, 3.05) is 0 Å². The highest BCUT2D eigenvalue weighted by Crippen LogP contribution is 2.04. The lowest BCUT2D eigenvalue weighted by atomic mass is 10.2. The number of hydrogen-bond acceptors (Lipinski definition) is 2. The smallest absolute Gasteiger partial charge is 0.224 e. The highest BCUT2D eigenvalue weighted by atomic mass is 32.1. The van der Waals surface area contributed by atoms with Gasteiger partial charge in [0.1, 0.15) is 12.4 Å². The zero-order valence-corrected chi connectivity index (χ0v) is 9.77. The molecule has 0 aliphatic heterocycles. The number of hydrogen-bond donors (Lipinski definition) is 2. The molecule has 0 amide bonds. The molecule has 1 heterocycles. The highest BCUT2D eigenvalue weighted by Gasteiger charge is 2.09. The lowest BCUT2D eigenvalue weighted by Gasteiger charge is -1.97. The van der Waals surface area contributed by atoms with Crippen molar-refractivity contribution in [3.8, 4) is 0 Å². The van der Waals surface area contributed by atoms with E-state index in [0.717, 1.165) is 11.7 Å². The fourth-order valence-corrected chi connectivity index (χ4v) is 1.70. The van der Waals surface area contributed by atoms with Crippen LogP contribution >= 0.6 is 25.4 Å². The number of unbranched alkanes of at least 4 members (excludes halogenated alkanes) is 3. The van der Waals surface area contributed by atoms with Gasteiger partial charge >= 0.3 is 5.16 Å². The van der Waals surface area contributed by atoms with Crippen molar-refractivity contribution < 1.29 is 4.57 Å². The number of aryl methyl sites for hydroxylation is 1. The van der Waals surface area contributed by atoms with Gasteiger partial charge in [0, 0.05) is 12.8 Å². The van der Waals surface area contributed by atoms with Crippen LogP contribution in [-0.2, 0) is 6.54 Å². The molecule has 0 aliphatic rings. The minimum atomic E-state index is 0.903. The average Bonchev–Trinajstić information content (AvgIpc) is 2.43. The van der Waals surface area contributed by atoms with Crippen LogP contribution in [0.2, 0.25) is 0 Å². The van der Waals surface area contributed by atoms with Crippen LogP contribution in [0.4, 0.5) is 0 Å². The minimum absolute atomic E-state index is 0.903. The predicted molar refractivity (Wildman–Crippen MR) is 60.4 cm³/mol. The summed E-state index contributed by atoms with van der Waals surface area (Å²) >= 11 is 8.54. The molecule has 1 aromatic rings. The zero-order chi connectivity index (χ0) is 9.68. The van der Waals surface area contributed by atoms with E-state index in [-0.39, 0.29) is 0 Å². The number of rotatable bonds is 5. The summed E-state index contributed by atoms with van der Waals surface area (Å²) in [6, 6.07) is 0. The molecule has 0 saturated heterocycles. The van der Waals surface area contributed by atoms with Gasteiger partial charge < -0.3 is 0 Å². The topological polar surface area (TPSA) is 8.81 Å². The normalized spacial score (nSPS) is 10.7.